The summed E-state index contributed by atoms with van der Waals surface area (Å²) in [7, 11) is 0. The zero-order chi connectivity index (χ0) is 18.3. The molecule has 1 aromatic carbocycles. The Hall–Kier alpha value is -3.37. The van der Waals surface area contributed by atoms with E-state index in [1.54, 1.807) is 24.3 Å². The molecule has 0 aliphatic heterocycles. The van der Waals surface area contributed by atoms with Crippen LogP contribution in [-0.4, -0.2) is 19.6 Å². The van der Waals surface area contributed by atoms with Gasteiger partial charge in [0.15, 0.2) is 11.3 Å². The van der Waals surface area contributed by atoms with E-state index < -0.39 is 11.6 Å². The fraction of sp³-hybridized carbons (Fsp3) is 0. The number of nitrogens with zero attached hydrogens (tertiary/aromatic N) is 5. The molecule has 4 rings (SSSR count). The smallest absolute Gasteiger partial charge is 0.162 e. The highest BCUT2D eigenvalue weighted by Crippen LogP contribution is 2.33. The van der Waals surface area contributed by atoms with Crippen LogP contribution in [0, 0.1) is 23.0 Å². The van der Waals surface area contributed by atoms with Crippen molar-refractivity contribution in [3.8, 4) is 28.6 Å². The molecule has 26 heavy (non-hydrogen) atoms. The highest BCUT2D eigenvalue weighted by molar-refractivity contribution is 6.31. The molecule has 0 bridgehead atoms. The quantitative estimate of drug-likeness (QED) is 0.496. The molecule has 0 radical (unpaired) electrons. The Labute approximate surface area is 151 Å². The van der Waals surface area contributed by atoms with Crippen molar-refractivity contribution in [2.45, 2.75) is 0 Å². The molecule has 0 saturated heterocycles. The summed E-state index contributed by atoms with van der Waals surface area (Å²) < 4.78 is 29.2. The number of imidazole rings is 1. The van der Waals surface area contributed by atoms with Crippen LogP contribution in [0.5, 0.6) is 0 Å². The van der Waals surface area contributed by atoms with Crippen LogP contribution in [0.3, 0.4) is 0 Å². The first-order valence-electron chi connectivity index (χ1n) is 7.43. The normalized spacial score (nSPS) is 10.8. The number of rotatable bonds is 2. The number of hydrogen-bond donors (Lipinski definition) is 0. The molecule has 3 heterocycles. The van der Waals surface area contributed by atoms with Crippen LogP contribution in [0.2, 0.25) is 5.02 Å². The minimum atomic E-state index is -0.845. The molecule has 5 nitrogen and oxygen atoms in total. The van der Waals surface area contributed by atoms with Gasteiger partial charge in [0.1, 0.15) is 17.7 Å². The first-order valence-corrected chi connectivity index (χ1v) is 7.81. The minimum absolute atomic E-state index is 0.0556. The number of aromatic nitrogens is 4. The predicted molar refractivity (Wildman–Crippen MR) is 91.3 cm³/mol. The molecule has 0 atom stereocenters. The van der Waals surface area contributed by atoms with Gasteiger partial charge in [0.05, 0.1) is 22.6 Å². The van der Waals surface area contributed by atoms with E-state index >= 15 is 0 Å². The Morgan fingerprint density at radius 3 is 2.69 bits per heavy atom. The van der Waals surface area contributed by atoms with E-state index in [9.17, 15) is 8.78 Å². The van der Waals surface area contributed by atoms with Crippen molar-refractivity contribution in [2.75, 3.05) is 0 Å². The Kier molecular flexibility index (Phi) is 3.82. The number of halogens is 3. The summed E-state index contributed by atoms with van der Waals surface area (Å²) in [6, 6.07) is 10.7. The Morgan fingerprint density at radius 2 is 1.88 bits per heavy atom. The molecule has 0 amide bonds. The number of fused-ring (bicyclic) bond motifs is 1. The van der Waals surface area contributed by atoms with Gasteiger partial charge in [-0.15, -0.1) is 0 Å². The van der Waals surface area contributed by atoms with Crippen molar-refractivity contribution >= 4 is 17.2 Å². The maximum Gasteiger partial charge on any atom is 0.162 e. The van der Waals surface area contributed by atoms with Gasteiger partial charge in [0, 0.05) is 23.4 Å². The lowest BCUT2D eigenvalue weighted by Gasteiger charge is -2.10. The molecule has 0 unspecified atom stereocenters. The number of nitriles is 1. The highest BCUT2D eigenvalue weighted by atomic mass is 35.5. The van der Waals surface area contributed by atoms with E-state index in [0.29, 0.717) is 16.9 Å². The van der Waals surface area contributed by atoms with Crippen LogP contribution in [-0.2, 0) is 0 Å². The summed E-state index contributed by atoms with van der Waals surface area (Å²) >= 11 is 5.80. The summed E-state index contributed by atoms with van der Waals surface area (Å²) in [6.45, 7) is 0. The van der Waals surface area contributed by atoms with Crippen LogP contribution >= 0.6 is 11.6 Å². The van der Waals surface area contributed by atoms with E-state index in [-0.39, 0.29) is 22.0 Å². The van der Waals surface area contributed by atoms with Gasteiger partial charge in [-0.25, -0.2) is 18.3 Å². The molecular weight excluding hydrogens is 360 g/mol. The van der Waals surface area contributed by atoms with Crippen LogP contribution in [0.4, 0.5) is 8.78 Å². The molecular formula is C18H8ClF2N5. The van der Waals surface area contributed by atoms with Crippen LogP contribution in [0.15, 0.2) is 48.8 Å². The molecule has 0 aliphatic carbocycles. The maximum absolute atomic E-state index is 14.3. The monoisotopic (exact) mass is 367 g/mol. The fourth-order valence-electron chi connectivity index (χ4n) is 2.62. The summed E-state index contributed by atoms with van der Waals surface area (Å²) in [5.74, 6) is -1.63. The van der Waals surface area contributed by atoms with E-state index in [0.717, 1.165) is 6.07 Å². The summed E-state index contributed by atoms with van der Waals surface area (Å²) in [6.07, 6.45) is 2.90. The summed E-state index contributed by atoms with van der Waals surface area (Å²) in [5.41, 5.74) is 2.05. The second-order valence-corrected chi connectivity index (χ2v) is 5.80. The molecule has 8 heteroatoms. The lowest BCUT2D eigenvalue weighted by atomic mass is 10.0. The second-order valence-electron chi connectivity index (χ2n) is 5.39. The van der Waals surface area contributed by atoms with Gasteiger partial charge < -0.3 is 0 Å². The third-order valence-electron chi connectivity index (χ3n) is 3.83. The van der Waals surface area contributed by atoms with E-state index in [1.807, 2.05) is 6.07 Å². The highest BCUT2D eigenvalue weighted by Gasteiger charge is 2.17. The van der Waals surface area contributed by atoms with Gasteiger partial charge >= 0.3 is 0 Å². The molecule has 0 saturated carbocycles. The van der Waals surface area contributed by atoms with Crippen molar-refractivity contribution in [1.29, 1.82) is 5.26 Å². The van der Waals surface area contributed by atoms with Crippen molar-refractivity contribution in [3.05, 3.63) is 71.1 Å². The zero-order valence-corrected chi connectivity index (χ0v) is 13.7. The van der Waals surface area contributed by atoms with Crippen molar-refractivity contribution in [3.63, 3.8) is 0 Å². The van der Waals surface area contributed by atoms with Gasteiger partial charge in [-0.3, -0.25) is 4.98 Å². The zero-order valence-electron chi connectivity index (χ0n) is 13.0. The molecule has 0 fully saturated rings. The summed E-state index contributed by atoms with van der Waals surface area (Å²) in [4.78, 5) is 8.30. The molecule has 0 N–H and O–H groups in total. The van der Waals surface area contributed by atoms with Crippen molar-refractivity contribution < 1.29 is 8.78 Å². The lowest BCUT2D eigenvalue weighted by Crippen LogP contribution is -1.99. The standard InChI is InChI=1S/C18H8ClF2N5/c19-13-6-12(14(20)7-15(13)21)18-11(2-1-5-23-18)16-3-4-17-24-9-10(8-22)26(17)25-16/h1-7,9H. The molecule has 126 valence electrons. The van der Waals surface area contributed by atoms with Crippen molar-refractivity contribution in [1.82, 2.24) is 19.6 Å². The minimum Gasteiger partial charge on any atom is -0.255 e. The van der Waals surface area contributed by atoms with Gasteiger partial charge in [0.25, 0.3) is 0 Å². The number of benzene rings is 1. The Balaban J connectivity index is 1.95. The Morgan fingerprint density at radius 1 is 1.04 bits per heavy atom. The van der Waals surface area contributed by atoms with E-state index in [4.69, 9.17) is 16.9 Å². The van der Waals surface area contributed by atoms with E-state index in [1.165, 1.54) is 23.0 Å². The Bertz CT molecular complexity index is 1200. The number of hydrogen-bond acceptors (Lipinski definition) is 4. The molecule has 0 spiro atoms. The molecule has 4 aromatic rings. The van der Waals surface area contributed by atoms with Gasteiger partial charge in [-0.1, -0.05) is 11.6 Å². The first-order chi connectivity index (χ1) is 12.6. The van der Waals surface area contributed by atoms with Gasteiger partial charge in [-0.05, 0) is 30.3 Å². The van der Waals surface area contributed by atoms with Crippen LogP contribution < -0.4 is 0 Å². The average Bonchev–Trinajstić information content (AvgIpc) is 3.07. The largest absolute Gasteiger partial charge is 0.255 e. The van der Waals surface area contributed by atoms with Crippen LogP contribution in [0.1, 0.15) is 5.69 Å². The maximum atomic E-state index is 14.3. The molecule has 3 aromatic heterocycles. The third kappa shape index (κ3) is 2.57. The average molecular weight is 368 g/mol. The van der Waals surface area contributed by atoms with Gasteiger partial charge in [-0.2, -0.15) is 10.4 Å². The second kappa shape index (κ2) is 6.17. The molecule has 0 aliphatic rings. The fourth-order valence-corrected chi connectivity index (χ4v) is 2.79. The number of pyridine rings is 1. The third-order valence-corrected chi connectivity index (χ3v) is 4.12. The first kappa shape index (κ1) is 16.1. The van der Waals surface area contributed by atoms with Crippen LogP contribution in [0.25, 0.3) is 28.2 Å². The van der Waals surface area contributed by atoms with Crippen molar-refractivity contribution in [2.24, 2.45) is 0 Å². The van der Waals surface area contributed by atoms with E-state index in [2.05, 4.69) is 15.1 Å². The predicted octanol–water partition coefficient (Wildman–Crippen LogP) is 4.26. The SMILES string of the molecule is N#Cc1cnc2ccc(-c3cccnc3-c3cc(Cl)c(F)cc3F)nn12. The van der Waals surface area contributed by atoms with Gasteiger partial charge in [0.2, 0.25) is 0 Å². The lowest BCUT2D eigenvalue weighted by molar-refractivity contribution is 0.585. The summed E-state index contributed by atoms with van der Waals surface area (Å²) in [5, 5.41) is 13.3. The topological polar surface area (TPSA) is 66.9 Å².